The molecular formula is C20H18ClN7O2. The highest BCUT2D eigenvalue weighted by atomic mass is 35.5. The van der Waals surface area contributed by atoms with E-state index in [0.29, 0.717) is 23.2 Å². The van der Waals surface area contributed by atoms with Crippen molar-refractivity contribution >= 4 is 34.9 Å². The van der Waals surface area contributed by atoms with Crippen molar-refractivity contribution in [3.8, 4) is 0 Å². The fraction of sp³-hybridized carbons (Fsp3) is 0.150. The van der Waals surface area contributed by atoms with Crippen molar-refractivity contribution < 1.29 is 0 Å². The van der Waals surface area contributed by atoms with Crippen molar-refractivity contribution in [2.24, 2.45) is 19.2 Å². The summed E-state index contributed by atoms with van der Waals surface area (Å²) in [7, 11) is 3.01. The second kappa shape index (κ2) is 7.96. The quantitative estimate of drug-likeness (QED) is 0.391. The van der Waals surface area contributed by atoms with Gasteiger partial charge in [0.05, 0.1) is 18.5 Å². The number of aromatic nitrogens is 5. The van der Waals surface area contributed by atoms with Gasteiger partial charge in [-0.15, -0.1) is 0 Å². The first-order valence-corrected chi connectivity index (χ1v) is 9.44. The molecule has 4 rings (SSSR count). The Morgan fingerprint density at radius 1 is 1.13 bits per heavy atom. The van der Waals surface area contributed by atoms with Crippen molar-refractivity contribution in [1.29, 1.82) is 0 Å². The van der Waals surface area contributed by atoms with Crippen molar-refractivity contribution in [3.63, 3.8) is 0 Å². The molecule has 0 saturated heterocycles. The zero-order valence-corrected chi connectivity index (χ0v) is 17.0. The van der Waals surface area contributed by atoms with Gasteiger partial charge in [-0.1, -0.05) is 29.8 Å². The molecule has 1 N–H and O–H groups in total. The molecule has 3 heterocycles. The minimum Gasteiger partial charge on any atom is -0.298 e. The Hall–Kier alpha value is -3.72. The van der Waals surface area contributed by atoms with Crippen LogP contribution < -0.4 is 16.7 Å². The molecule has 9 nitrogen and oxygen atoms in total. The van der Waals surface area contributed by atoms with Crippen LogP contribution in [0.3, 0.4) is 0 Å². The van der Waals surface area contributed by atoms with Gasteiger partial charge in [-0.05, 0) is 29.8 Å². The Morgan fingerprint density at radius 3 is 2.70 bits per heavy atom. The predicted molar refractivity (Wildman–Crippen MR) is 116 cm³/mol. The summed E-state index contributed by atoms with van der Waals surface area (Å²) in [5, 5.41) is 4.77. The maximum absolute atomic E-state index is 12.9. The highest BCUT2D eigenvalue weighted by Crippen LogP contribution is 2.19. The highest BCUT2D eigenvalue weighted by Gasteiger charge is 2.19. The van der Waals surface area contributed by atoms with Crippen LogP contribution in [0, 0.1) is 0 Å². The number of pyridine rings is 1. The van der Waals surface area contributed by atoms with Crippen LogP contribution in [0.15, 0.2) is 63.4 Å². The van der Waals surface area contributed by atoms with Crippen molar-refractivity contribution in [2.45, 2.75) is 6.54 Å². The molecule has 10 heteroatoms. The number of imidazole rings is 1. The molecule has 4 aromatic rings. The molecule has 1 aromatic carbocycles. The minimum absolute atomic E-state index is 0.265. The van der Waals surface area contributed by atoms with Crippen LogP contribution in [0.2, 0.25) is 5.02 Å². The molecule has 0 radical (unpaired) electrons. The predicted octanol–water partition coefficient (Wildman–Crippen LogP) is 1.98. The third-order valence-corrected chi connectivity index (χ3v) is 4.86. The third-order valence-electron chi connectivity index (χ3n) is 4.63. The number of hydrogen-bond donors (Lipinski definition) is 1. The second-order valence-electron chi connectivity index (χ2n) is 6.65. The van der Waals surface area contributed by atoms with E-state index < -0.39 is 11.2 Å². The molecule has 0 fully saturated rings. The first-order chi connectivity index (χ1) is 14.5. The van der Waals surface area contributed by atoms with Gasteiger partial charge >= 0.3 is 5.69 Å². The molecular weight excluding hydrogens is 406 g/mol. The lowest BCUT2D eigenvalue weighted by molar-refractivity contribution is 0.702. The van der Waals surface area contributed by atoms with Gasteiger partial charge in [0.2, 0.25) is 5.95 Å². The molecule has 152 valence electrons. The number of nitrogens with one attached hydrogen (secondary N) is 1. The van der Waals surface area contributed by atoms with Crippen LogP contribution in [0.25, 0.3) is 11.2 Å². The Bertz CT molecular complexity index is 1370. The van der Waals surface area contributed by atoms with Crippen LogP contribution in [0.1, 0.15) is 11.3 Å². The van der Waals surface area contributed by atoms with E-state index in [2.05, 4.69) is 20.5 Å². The Kier molecular flexibility index (Phi) is 5.20. The second-order valence-corrected chi connectivity index (χ2v) is 7.09. The topological polar surface area (TPSA) is 99.1 Å². The summed E-state index contributed by atoms with van der Waals surface area (Å²) in [6.07, 6.45) is 3.20. The van der Waals surface area contributed by atoms with E-state index in [1.807, 2.05) is 24.3 Å². The normalized spacial score (nSPS) is 11.4. The molecule has 0 spiro atoms. The van der Waals surface area contributed by atoms with E-state index in [4.69, 9.17) is 11.6 Å². The SMILES string of the molecule is Cn1c(=O)c2c(nc(N/N=C\c3ccccn3)n2Cc2cccc(Cl)c2)n(C)c1=O. The number of rotatable bonds is 5. The molecule has 0 aliphatic heterocycles. The molecule has 0 bridgehead atoms. The summed E-state index contributed by atoms with van der Waals surface area (Å²) < 4.78 is 4.07. The van der Waals surface area contributed by atoms with Crippen molar-refractivity contribution in [1.82, 2.24) is 23.7 Å². The molecule has 0 aliphatic carbocycles. The van der Waals surface area contributed by atoms with Gasteiger partial charge < -0.3 is 0 Å². The summed E-state index contributed by atoms with van der Waals surface area (Å²) in [6, 6.07) is 12.8. The van der Waals surface area contributed by atoms with Crippen LogP contribution in [-0.4, -0.2) is 29.9 Å². The van der Waals surface area contributed by atoms with Gasteiger partial charge in [-0.25, -0.2) is 10.2 Å². The van der Waals surface area contributed by atoms with Crippen LogP contribution in [0.4, 0.5) is 5.95 Å². The summed E-state index contributed by atoms with van der Waals surface area (Å²) in [5.41, 5.74) is 4.05. The number of fused-ring (bicyclic) bond motifs is 1. The van der Waals surface area contributed by atoms with E-state index in [9.17, 15) is 9.59 Å². The van der Waals surface area contributed by atoms with Gasteiger partial charge in [0, 0.05) is 25.3 Å². The van der Waals surface area contributed by atoms with Gasteiger partial charge in [0.25, 0.3) is 5.56 Å². The van der Waals surface area contributed by atoms with Crippen molar-refractivity contribution in [2.75, 3.05) is 5.43 Å². The molecule has 30 heavy (non-hydrogen) atoms. The fourth-order valence-electron chi connectivity index (χ4n) is 3.11. The third kappa shape index (κ3) is 3.62. The maximum atomic E-state index is 12.9. The minimum atomic E-state index is -0.455. The molecule has 0 aliphatic rings. The summed E-state index contributed by atoms with van der Waals surface area (Å²) in [4.78, 5) is 33.8. The van der Waals surface area contributed by atoms with E-state index >= 15 is 0 Å². The summed E-state index contributed by atoms with van der Waals surface area (Å²) in [6.45, 7) is 0.311. The molecule has 0 amide bonds. The van der Waals surface area contributed by atoms with E-state index in [0.717, 1.165) is 10.1 Å². The van der Waals surface area contributed by atoms with Gasteiger partial charge in [0.1, 0.15) is 0 Å². The van der Waals surface area contributed by atoms with Gasteiger partial charge in [-0.3, -0.25) is 23.5 Å². The first-order valence-electron chi connectivity index (χ1n) is 9.06. The lowest BCUT2D eigenvalue weighted by Crippen LogP contribution is -2.37. The summed E-state index contributed by atoms with van der Waals surface area (Å²) >= 11 is 6.11. The van der Waals surface area contributed by atoms with Crippen molar-refractivity contribution in [3.05, 3.63) is 85.8 Å². The standard InChI is InChI=1S/C20H18ClN7O2/c1-26-17-16(18(29)27(2)20(26)30)28(12-13-6-5-7-14(21)10-13)19(24-17)25-23-11-15-8-3-4-9-22-15/h3-11H,12H2,1-2H3,(H,24,25)/b23-11-. The molecule has 0 atom stereocenters. The van der Waals surface area contributed by atoms with Gasteiger partial charge in [-0.2, -0.15) is 10.1 Å². The van der Waals surface area contributed by atoms with Gasteiger partial charge in [0.15, 0.2) is 11.2 Å². The number of hydrazone groups is 1. The lowest BCUT2D eigenvalue weighted by atomic mass is 10.2. The zero-order chi connectivity index (χ0) is 21.3. The molecule has 0 saturated carbocycles. The first kappa shape index (κ1) is 19.6. The van der Waals surface area contributed by atoms with Crippen LogP contribution in [0.5, 0.6) is 0 Å². The number of aryl methyl sites for hydroxylation is 1. The molecule has 0 unspecified atom stereocenters. The number of halogens is 1. The zero-order valence-electron chi connectivity index (χ0n) is 16.3. The number of hydrogen-bond acceptors (Lipinski definition) is 6. The number of anilines is 1. The highest BCUT2D eigenvalue weighted by molar-refractivity contribution is 6.30. The Morgan fingerprint density at radius 2 is 1.97 bits per heavy atom. The summed E-state index contributed by atoms with van der Waals surface area (Å²) in [5.74, 6) is 0.315. The fourth-order valence-corrected chi connectivity index (χ4v) is 3.33. The number of nitrogens with zero attached hydrogens (tertiary/aromatic N) is 6. The van der Waals surface area contributed by atoms with Crippen LogP contribution in [-0.2, 0) is 20.6 Å². The maximum Gasteiger partial charge on any atom is 0.332 e. The Labute approximate surface area is 175 Å². The lowest BCUT2D eigenvalue weighted by Gasteiger charge is -2.09. The van der Waals surface area contributed by atoms with E-state index in [1.54, 1.807) is 42.2 Å². The number of benzene rings is 1. The molecule has 3 aromatic heterocycles. The van der Waals surface area contributed by atoms with E-state index in [1.165, 1.54) is 11.6 Å². The largest absolute Gasteiger partial charge is 0.332 e. The smallest absolute Gasteiger partial charge is 0.298 e. The van der Waals surface area contributed by atoms with Crippen LogP contribution >= 0.6 is 11.6 Å². The van der Waals surface area contributed by atoms with E-state index in [-0.39, 0.29) is 11.2 Å². The Balaban J connectivity index is 1.84. The monoisotopic (exact) mass is 423 g/mol. The average molecular weight is 424 g/mol. The average Bonchev–Trinajstić information content (AvgIpc) is 3.10.